The van der Waals surface area contributed by atoms with Crippen LogP contribution in [0.4, 0.5) is 8.78 Å². The number of nitrogens with zero attached hydrogens (tertiary/aromatic N) is 4. The van der Waals surface area contributed by atoms with Crippen LogP contribution >= 0.6 is 0 Å². The number of piperidine rings is 1. The highest BCUT2D eigenvalue weighted by Gasteiger charge is 2.33. The minimum Gasteiger partial charge on any atom is -0.459 e. The van der Waals surface area contributed by atoms with Crippen molar-refractivity contribution in [3.05, 3.63) is 76.5 Å². The quantitative estimate of drug-likeness (QED) is 0.452. The summed E-state index contributed by atoms with van der Waals surface area (Å²) in [7, 11) is 1.75. The number of aromatic nitrogens is 2. The van der Waals surface area contributed by atoms with Crippen LogP contribution in [0.2, 0.25) is 0 Å². The van der Waals surface area contributed by atoms with Gasteiger partial charge < -0.3 is 9.32 Å². The van der Waals surface area contributed by atoms with Gasteiger partial charge in [-0.1, -0.05) is 6.07 Å². The van der Waals surface area contributed by atoms with E-state index >= 15 is 0 Å². The van der Waals surface area contributed by atoms with Crippen molar-refractivity contribution in [2.24, 2.45) is 5.92 Å². The number of aryl methyl sites for hydroxylation is 2. The first-order valence-electron chi connectivity index (χ1n) is 12.3. The third kappa shape index (κ3) is 5.48. The van der Waals surface area contributed by atoms with Gasteiger partial charge in [-0.3, -0.25) is 14.4 Å². The Morgan fingerprint density at radius 2 is 1.97 bits per heavy atom. The topological polar surface area (TPSA) is 54.5 Å². The number of carbonyl (C=O) groups is 1. The van der Waals surface area contributed by atoms with Gasteiger partial charge in [-0.25, -0.2) is 8.78 Å². The van der Waals surface area contributed by atoms with E-state index in [0.29, 0.717) is 12.0 Å². The molecule has 1 fully saturated rings. The summed E-state index contributed by atoms with van der Waals surface area (Å²) < 4.78 is 35.4. The van der Waals surface area contributed by atoms with Crippen LogP contribution in [-0.4, -0.2) is 51.7 Å². The number of hydrogen-bond acceptors (Lipinski definition) is 4. The molecule has 6 nitrogen and oxygen atoms in total. The number of hydrogen-bond donors (Lipinski definition) is 0. The summed E-state index contributed by atoms with van der Waals surface area (Å²) in [5, 5.41) is 4.64. The third-order valence-electron chi connectivity index (χ3n) is 7.38. The van der Waals surface area contributed by atoms with Crippen LogP contribution in [0.15, 0.2) is 41.0 Å². The molecule has 4 rings (SSSR count). The summed E-state index contributed by atoms with van der Waals surface area (Å²) in [6.07, 6.45) is 3.55. The van der Waals surface area contributed by atoms with Crippen LogP contribution in [-0.2, 0) is 19.5 Å². The van der Waals surface area contributed by atoms with Crippen molar-refractivity contribution < 1.29 is 18.0 Å². The van der Waals surface area contributed by atoms with Gasteiger partial charge in [0.15, 0.2) is 5.76 Å². The van der Waals surface area contributed by atoms with E-state index in [1.807, 2.05) is 4.68 Å². The van der Waals surface area contributed by atoms with Crippen LogP contribution in [0.1, 0.15) is 52.8 Å². The first-order valence-corrected chi connectivity index (χ1v) is 12.3. The van der Waals surface area contributed by atoms with Crippen molar-refractivity contribution >= 4 is 5.91 Å². The minimum atomic E-state index is -0.604. The Kier molecular flexibility index (Phi) is 7.69. The largest absolute Gasteiger partial charge is 0.459 e. The van der Waals surface area contributed by atoms with Gasteiger partial charge in [-0.05, 0) is 82.8 Å². The highest BCUT2D eigenvalue weighted by molar-refractivity contribution is 5.91. The fourth-order valence-electron chi connectivity index (χ4n) is 5.25. The maximum Gasteiger partial charge on any atom is 0.289 e. The zero-order valence-corrected chi connectivity index (χ0v) is 20.9. The Balaban J connectivity index is 1.49. The summed E-state index contributed by atoms with van der Waals surface area (Å²) in [6.45, 7) is 9.74. The van der Waals surface area contributed by atoms with E-state index in [1.54, 1.807) is 24.1 Å². The normalized spacial score (nSPS) is 15.9. The second-order valence-electron chi connectivity index (χ2n) is 9.48. The Morgan fingerprint density at radius 1 is 1.23 bits per heavy atom. The maximum absolute atomic E-state index is 14.5. The van der Waals surface area contributed by atoms with Gasteiger partial charge in [-0.15, -0.1) is 0 Å². The molecular formula is C27H34F2N4O2. The minimum absolute atomic E-state index is 0.181. The average molecular weight is 485 g/mol. The maximum atomic E-state index is 14.5. The molecule has 0 N–H and O–H groups in total. The number of carbonyl (C=O) groups excluding carboxylic acids is 1. The summed E-state index contributed by atoms with van der Waals surface area (Å²) in [6, 6.07) is 6.74. The lowest BCUT2D eigenvalue weighted by atomic mass is 9.84. The molecule has 1 saturated heterocycles. The fourth-order valence-corrected chi connectivity index (χ4v) is 5.25. The lowest BCUT2D eigenvalue weighted by Crippen LogP contribution is -2.47. The van der Waals surface area contributed by atoms with E-state index in [9.17, 15) is 13.6 Å². The van der Waals surface area contributed by atoms with Crippen LogP contribution < -0.4 is 0 Å². The van der Waals surface area contributed by atoms with Crippen molar-refractivity contribution in [2.45, 2.75) is 59.2 Å². The van der Waals surface area contributed by atoms with E-state index < -0.39 is 11.6 Å². The number of benzene rings is 1. The highest BCUT2D eigenvalue weighted by Crippen LogP contribution is 2.29. The smallest absolute Gasteiger partial charge is 0.289 e. The van der Waals surface area contributed by atoms with Gasteiger partial charge in [0.25, 0.3) is 5.91 Å². The van der Waals surface area contributed by atoms with Crippen molar-refractivity contribution in [1.82, 2.24) is 19.6 Å². The van der Waals surface area contributed by atoms with Gasteiger partial charge in [-0.2, -0.15) is 5.10 Å². The molecule has 1 aliphatic heterocycles. The molecule has 0 saturated carbocycles. The molecule has 3 heterocycles. The molecule has 8 heteroatoms. The number of amides is 1. The number of likely N-dealkylation sites (tertiary alicyclic amines) is 1. The zero-order valence-electron chi connectivity index (χ0n) is 20.9. The summed E-state index contributed by atoms with van der Waals surface area (Å²) in [4.78, 5) is 17.2. The Labute approximate surface area is 205 Å². The molecule has 1 atom stereocenters. The molecule has 1 aliphatic rings. The van der Waals surface area contributed by atoms with Gasteiger partial charge in [0.2, 0.25) is 0 Å². The molecule has 2 aromatic heterocycles. The van der Waals surface area contributed by atoms with E-state index in [-0.39, 0.29) is 23.6 Å². The SMILES string of the molecule is CCn1nc(C)c(CN2CCC([C@@H](Cc3ccc(F)cc3F)N(C)C(=O)c3ccco3)CC2)c1C. The molecule has 0 spiro atoms. The van der Waals surface area contributed by atoms with Crippen LogP contribution in [0.3, 0.4) is 0 Å². The molecule has 0 radical (unpaired) electrons. The average Bonchev–Trinajstić information content (AvgIpc) is 3.48. The van der Waals surface area contributed by atoms with E-state index in [2.05, 4.69) is 30.8 Å². The van der Waals surface area contributed by atoms with E-state index in [0.717, 1.165) is 50.8 Å². The predicted molar refractivity (Wildman–Crippen MR) is 130 cm³/mol. The van der Waals surface area contributed by atoms with Gasteiger partial charge >= 0.3 is 0 Å². The van der Waals surface area contributed by atoms with Crippen molar-refractivity contribution in [3.8, 4) is 0 Å². The van der Waals surface area contributed by atoms with Crippen molar-refractivity contribution in [1.29, 1.82) is 0 Å². The summed E-state index contributed by atoms with van der Waals surface area (Å²) >= 11 is 0. The van der Waals surface area contributed by atoms with Gasteiger partial charge in [0.05, 0.1) is 12.0 Å². The summed E-state index contributed by atoms with van der Waals surface area (Å²) in [5.41, 5.74) is 3.97. The van der Waals surface area contributed by atoms with E-state index in [1.165, 1.54) is 29.7 Å². The van der Waals surface area contributed by atoms with Crippen LogP contribution in [0.5, 0.6) is 0 Å². The Bertz CT molecular complexity index is 1150. The van der Waals surface area contributed by atoms with E-state index in [4.69, 9.17) is 4.42 Å². The number of halogens is 2. The zero-order chi connectivity index (χ0) is 25.1. The summed E-state index contributed by atoms with van der Waals surface area (Å²) in [5.74, 6) is -0.977. The number of furan rings is 1. The Hall–Kier alpha value is -3.00. The molecule has 0 bridgehead atoms. The first-order chi connectivity index (χ1) is 16.8. The molecule has 188 valence electrons. The predicted octanol–water partition coefficient (Wildman–Crippen LogP) is 4.99. The molecular weight excluding hydrogens is 450 g/mol. The first kappa shape index (κ1) is 25.1. The fraction of sp³-hybridized carbons (Fsp3) is 0.481. The van der Waals surface area contributed by atoms with Crippen molar-refractivity contribution in [2.75, 3.05) is 20.1 Å². The van der Waals surface area contributed by atoms with Crippen LogP contribution in [0.25, 0.3) is 0 Å². The monoisotopic (exact) mass is 484 g/mol. The molecule has 0 aliphatic carbocycles. The number of rotatable bonds is 8. The number of likely N-dealkylation sites (N-methyl/N-ethyl adjacent to an activating group) is 1. The third-order valence-corrected chi connectivity index (χ3v) is 7.38. The second-order valence-corrected chi connectivity index (χ2v) is 9.48. The molecule has 35 heavy (non-hydrogen) atoms. The Morgan fingerprint density at radius 3 is 2.57 bits per heavy atom. The standard InChI is InChI=1S/C27H34F2N4O2/c1-5-33-19(3)23(18(2)30-33)17-32-12-10-20(11-13-32)25(15-21-8-9-22(28)16-24(21)29)31(4)27(34)26-7-6-14-35-26/h6-9,14,16,20,25H,5,10-13,15,17H2,1-4H3/t25-/m1/s1. The second kappa shape index (κ2) is 10.7. The lowest BCUT2D eigenvalue weighted by Gasteiger charge is -2.40. The molecule has 0 unspecified atom stereocenters. The lowest BCUT2D eigenvalue weighted by molar-refractivity contribution is 0.0554. The van der Waals surface area contributed by atoms with Crippen LogP contribution in [0, 0.1) is 31.4 Å². The molecule has 1 aromatic carbocycles. The molecule has 1 amide bonds. The van der Waals surface area contributed by atoms with Gasteiger partial charge in [0, 0.05) is 43.5 Å². The molecule has 3 aromatic rings. The van der Waals surface area contributed by atoms with Gasteiger partial charge in [0.1, 0.15) is 11.6 Å². The highest BCUT2D eigenvalue weighted by atomic mass is 19.1. The van der Waals surface area contributed by atoms with Crippen molar-refractivity contribution in [3.63, 3.8) is 0 Å².